The van der Waals surface area contributed by atoms with Gasteiger partial charge >= 0.3 is 0 Å². The fraction of sp³-hybridized carbons (Fsp3) is 0.372. The van der Waals surface area contributed by atoms with Crippen molar-refractivity contribution in [1.82, 2.24) is 98.8 Å². The maximum absolute atomic E-state index is 14.7. The second-order valence-electron chi connectivity index (χ2n) is 32.8. The van der Waals surface area contributed by atoms with Crippen LogP contribution in [0.2, 0.25) is 0 Å². The van der Waals surface area contributed by atoms with Crippen molar-refractivity contribution < 1.29 is 81.2 Å². The van der Waals surface area contributed by atoms with Crippen LogP contribution >= 0.6 is 11.3 Å². The molecule has 0 aliphatic carbocycles. The van der Waals surface area contributed by atoms with Gasteiger partial charge in [-0.15, -0.1) is 11.3 Å². The van der Waals surface area contributed by atoms with E-state index in [1.165, 1.54) is 58.0 Å². The lowest BCUT2D eigenvalue weighted by molar-refractivity contribution is -0.143. The first-order valence-electron chi connectivity index (χ1n) is 44.3. The summed E-state index contributed by atoms with van der Waals surface area (Å²) in [5, 5.41) is 112. The van der Waals surface area contributed by atoms with E-state index in [-0.39, 0.29) is 130 Å². The summed E-state index contributed by atoms with van der Waals surface area (Å²) in [6.07, 6.45) is 0.451. The Balaban J connectivity index is 0.000000157. The predicted molar refractivity (Wildman–Crippen MR) is 500 cm³/mol. The summed E-state index contributed by atoms with van der Waals surface area (Å²) in [6, 6.07) is 33.0. The second kappa shape index (κ2) is 46.8. The molecule has 0 saturated carbocycles. The molecule has 4 aliphatic rings. The quantitative estimate of drug-likeness (QED) is 0.0228. The Morgan fingerprint density at radius 2 is 0.864 bits per heavy atom. The van der Waals surface area contributed by atoms with Gasteiger partial charge in [-0.2, -0.15) is 41.3 Å². The Bertz CT molecular complexity index is 6450. The van der Waals surface area contributed by atoms with Crippen molar-refractivity contribution >= 4 is 80.4 Å². The van der Waals surface area contributed by atoms with E-state index < -0.39 is 97.7 Å². The van der Waals surface area contributed by atoms with Crippen molar-refractivity contribution in [3.8, 4) is 92.8 Å². The van der Waals surface area contributed by atoms with Gasteiger partial charge in [-0.3, -0.25) is 33.2 Å². The molecule has 16 rings (SSSR count). The summed E-state index contributed by atoms with van der Waals surface area (Å²) in [5.74, 6) is 2.41. The number of amides is 4. The van der Waals surface area contributed by atoms with E-state index in [9.17, 15) is 78.2 Å². The van der Waals surface area contributed by atoms with E-state index in [0.29, 0.717) is 80.3 Å². The van der Waals surface area contributed by atoms with E-state index >= 15 is 0 Å². The van der Waals surface area contributed by atoms with Gasteiger partial charge in [0, 0.05) is 120 Å². The van der Waals surface area contributed by atoms with Crippen molar-refractivity contribution in [2.75, 3.05) is 80.2 Å². The number of nitriles is 4. The number of thiazole rings is 1. The number of aliphatic hydroxyl groups is 5. The number of carbonyl (C=O) groups excluding carboxylic acids is 4. The molecule has 728 valence electrons. The lowest BCUT2D eigenvalue weighted by Crippen LogP contribution is -2.51. The van der Waals surface area contributed by atoms with Crippen LogP contribution in [0.25, 0.3) is 45.6 Å². The third kappa shape index (κ3) is 25.3. The summed E-state index contributed by atoms with van der Waals surface area (Å²) in [6.45, 7) is 9.39. The van der Waals surface area contributed by atoms with Crippen LogP contribution < -0.4 is 40.2 Å². The number of piperidine rings is 4. The topological polar surface area (TPSA) is 545 Å². The van der Waals surface area contributed by atoms with Gasteiger partial charge in [-0.25, -0.2) is 62.4 Å². The van der Waals surface area contributed by atoms with E-state index in [1.807, 2.05) is 34.9 Å². The van der Waals surface area contributed by atoms with Gasteiger partial charge < -0.3 is 85.3 Å². The number of rotatable bonds is 26. The van der Waals surface area contributed by atoms with Gasteiger partial charge in [0.2, 0.25) is 11.9 Å². The highest BCUT2D eigenvalue weighted by Gasteiger charge is 2.39. The summed E-state index contributed by atoms with van der Waals surface area (Å²) in [7, 11) is 5.45. The standard InChI is InChI=1S/C24H27FN8O3.C24H26FN7O4.C24H26FN7O3.C22H21FN6O3S/c1-4-19-18(11-29-32(19)3)30-24-28-13-27-22(31-24)15-5-6-20(16(9-15)10-26)36-21-7-8-33(12-17(21)25)23(35)14(2)34;1-14(34)24(35)32-8-6-21(17(25)11-32)36-20-4-3-15(9-16(20)10-26)23-27-7-5-22(29-23)28-18-12-31(2)30-19(18)13-33;1-14-19(12-28-31(14)3)29-22-6-8-27-23(30-22)16-4-5-20(17(10-16)11-26)35-21-7-9-32(13-18(21)25)24(34)15(2)33;1-13-22(33-12-26-13)28-19-4-6-25-21(27-19)14-2-3-17(15(8-14)9-24)32-18-5-7-29(10-16(18)23)20(31)11-30/h5-6,9,11,13-14,17,21,34H,4,7-8,12H2,1-3H3,(H,27,28,30,31);3-5,7,9,12,14,17,21,33-34H,6,8,11,13H2,1-2H3,(H,27,28,29);4-6,8,10,12,15,18,21,33H,7,9,13H2,1-3H3,(H,27,29,30);2-4,6,8,12,16,18,30H,5,7,10-11H2,1H3,(H,25,27,28)/t2*14-,17+,21-;15-,18+,21-;16-,18+/m0001/s1. The first kappa shape index (κ1) is 102. The van der Waals surface area contributed by atoms with Gasteiger partial charge in [0.1, 0.15) is 131 Å². The first-order chi connectivity index (χ1) is 67.3. The minimum atomic E-state index is -1.46. The number of anilines is 8. The Morgan fingerprint density at radius 3 is 1.22 bits per heavy atom. The molecule has 140 heavy (non-hydrogen) atoms. The van der Waals surface area contributed by atoms with Crippen LogP contribution in [0.15, 0.2) is 140 Å². The SMILES string of the molecule is CCc1c(Nc2ncnc(-c3ccc(O[C@H]4CCN(C(=O)[C@H](C)O)C[C@H]4F)c(C#N)c3)n2)cnn1C.C[C@H](O)C(=O)N1CC[C@H](Oc2ccc(-c3nccc(Nc4cn(C)nc4CO)n3)cc2C#N)[C@H](F)C1.Cc1c(Nc2ccnc(-c3ccc(O[C@H]4CCN(C(=O)[C@H](C)O)C[C@H]4F)c(C#N)c3)n2)cnn1C.Cc1ncsc1Nc1ccnc(-c2ccc(O[C@H]3CCN(C(=O)CO)C[C@H]3F)c(C#N)c2)n1. The molecule has 4 aliphatic heterocycles. The molecule has 4 saturated heterocycles. The number of hydrogen-bond donors (Lipinski definition) is 9. The number of likely N-dealkylation sites (tertiary alicyclic amines) is 4. The number of ether oxygens (including phenoxy) is 4. The molecule has 0 bridgehead atoms. The number of halogens is 4. The number of benzene rings is 4. The molecule has 4 amide bonds. The highest BCUT2D eigenvalue weighted by atomic mass is 32.1. The number of aryl methyl sites for hydroxylation is 4. The normalized spacial score (nSPS) is 18.3. The Hall–Kier alpha value is -15.9. The van der Waals surface area contributed by atoms with Crippen LogP contribution in [0, 0.1) is 59.2 Å². The van der Waals surface area contributed by atoms with Gasteiger partial charge in [0.15, 0.2) is 48.0 Å². The van der Waals surface area contributed by atoms with Crippen molar-refractivity contribution in [3.63, 3.8) is 0 Å². The summed E-state index contributed by atoms with van der Waals surface area (Å²) in [4.78, 5) is 96.0. The number of aromatic nitrogens is 16. The third-order valence-corrected chi connectivity index (χ3v) is 23.8. The fourth-order valence-electron chi connectivity index (χ4n) is 15.4. The van der Waals surface area contributed by atoms with Crippen LogP contribution in [0.1, 0.15) is 98.4 Å². The zero-order valence-electron chi connectivity index (χ0n) is 77.4. The van der Waals surface area contributed by atoms with E-state index in [4.69, 9.17) is 24.1 Å². The molecule has 12 aromatic rings. The minimum absolute atomic E-state index is 0.156. The minimum Gasteiger partial charge on any atom is -0.486 e. The number of alkyl halides is 4. The average molecular weight is 1940 g/mol. The van der Waals surface area contributed by atoms with Gasteiger partial charge in [-0.05, 0) is 132 Å². The van der Waals surface area contributed by atoms with Crippen molar-refractivity contribution in [3.05, 3.63) is 185 Å². The smallest absolute Gasteiger partial charge is 0.251 e. The molecule has 11 atom stereocenters. The number of nitrogens with zero attached hydrogens (tertiary/aromatic N) is 24. The summed E-state index contributed by atoms with van der Waals surface area (Å²) >= 11 is 1.47. The summed E-state index contributed by atoms with van der Waals surface area (Å²) < 4.78 is 87.1. The lowest BCUT2D eigenvalue weighted by Gasteiger charge is -2.35. The van der Waals surface area contributed by atoms with Crippen LogP contribution in [-0.2, 0) is 53.3 Å². The maximum atomic E-state index is 14.7. The molecule has 9 N–H and O–H groups in total. The lowest BCUT2D eigenvalue weighted by atomic mass is 10.0. The molecule has 12 heterocycles. The highest BCUT2D eigenvalue weighted by Crippen LogP contribution is 2.37. The van der Waals surface area contributed by atoms with Gasteiger partial charge in [0.25, 0.3) is 17.7 Å². The zero-order chi connectivity index (χ0) is 100. The fourth-order valence-corrected chi connectivity index (χ4v) is 16.1. The number of hydrogen-bond acceptors (Lipinski definition) is 35. The van der Waals surface area contributed by atoms with E-state index in [1.54, 1.807) is 155 Å². The molecule has 0 radical (unpaired) electrons. The average Bonchev–Trinajstić information content (AvgIpc) is 0.862. The van der Waals surface area contributed by atoms with Gasteiger partial charge in [-0.1, -0.05) is 6.92 Å². The Morgan fingerprint density at radius 1 is 0.486 bits per heavy atom. The molecule has 0 unspecified atom stereocenters. The Kier molecular flexibility index (Phi) is 34.0. The predicted octanol–water partition coefficient (Wildman–Crippen LogP) is 9.16. The molecular formula is C94H100F4N28O13S. The molecular weight excluding hydrogens is 1840 g/mol. The van der Waals surface area contributed by atoms with Crippen LogP contribution in [0.3, 0.4) is 0 Å². The number of carbonyl (C=O) groups is 4. The molecule has 8 aromatic heterocycles. The zero-order valence-corrected chi connectivity index (χ0v) is 78.2. The van der Waals surface area contributed by atoms with Crippen LogP contribution in [0.4, 0.5) is 63.0 Å². The maximum Gasteiger partial charge on any atom is 0.251 e. The van der Waals surface area contributed by atoms with E-state index in [0.717, 1.165) is 39.9 Å². The first-order valence-corrected chi connectivity index (χ1v) is 45.2. The largest absolute Gasteiger partial charge is 0.486 e. The molecule has 41 nitrogen and oxygen atoms in total. The van der Waals surface area contributed by atoms with Crippen LogP contribution in [0.5, 0.6) is 23.0 Å². The van der Waals surface area contributed by atoms with Crippen molar-refractivity contribution in [2.24, 2.45) is 21.1 Å². The third-order valence-electron chi connectivity index (χ3n) is 23.0. The molecule has 46 heteroatoms. The monoisotopic (exact) mass is 1940 g/mol. The van der Waals surface area contributed by atoms with Crippen molar-refractivity contribution in [2.45, 2.75) is 148 Å². The summed E-state index contributed by atoms with van der Waals surface area (Å²) in [5.41, 5.74) is 10.5. The second-order valence-corrected chi connectivity index (χ2v) is 33.6. The van der Waals surface area contributed by atoms with Crippen LogP contribution in [-0.4, -0.2) is 274 Å². The number of nitrogens with one attached hydrogen (secondary N) is 4. The molecule has 4 aromatic carbocycles. The number of aliphatic hydroxyl groups excluding tert-OH is 5. The molecule has 4 fully saturated rings. The van der Waals surface area contributed by atoms with Crippen molar-refractivity contribution in [1.29, 1.82) is 21.0 Å². The molecule has 0 spiro atoms. The van der Waals surface area contributed by atoms with E-state index in [2.05, 4.69) is 111 Å². The Labute approximate surface area is 804 Å². The van der Waals surface area contributed by atoms with Gasteiger partial charge in [0.05, 0.1) is 107 Å². The highest BCUT2D eigenvalue weighted by molar-refractivity contribution is 7.14.